The van der Waals surface area contributed by atoms with Gasteiger partial charge in [-0.1, -0.05) is 49.4 Å². The van der Waals surface area contributed by atoms with Crippen LogP contribution in [-0.2, 0) is 17.8 Å². The van der Waals surface area contributed by atoms with Gasteiger partial charge in [0.1, 0.15) is 5.60 Å². The van der Waals surface area contributed by atoms with Crippen molar-refractivity contribution in [1.29, 1.82) is 0 Å². The summed E-state index contributed by atoms with van der Waals surface area (Å²) in [6.07, 6.45) is -0.389. The first kappa shape index (κ1) is 18.5. The zero-order valence-corrected chi connectivity index (χ0v) is 16.1. The molecule has 4 heteroatoms. The number of hydrogen-bond donors (Lipinski definition) is 2. The molecule has 1 aliphatic heterocycles. The maximum absolute atomic E-state index is 11.8. The van der Waals surface area contributed by atoms with Gasteiger partial charge < -0.3 is 15.4 Å². The quantitative estimate of drug-likeness (QED) is 0.850. The maximum atomic E-state index is 11.8. The van der Waals surface area contributed by atoms with Gasteiger partial charge in [0, 0.05) is 19.6 Å². The largest absolute Gasteiger partial charge is 0.444 e. The Morgan fingerprint density at radius 3 is 2.62 bits per heavy atom. The van der Waals surface area contributed by atoms with E-state index in [0.29, 0.717) is 12.5 Å². The Kier molecular flexibility index (Phi) is 5.33. The molecule has 4 nitrogen and oxygen atoms in total. The number of carbonyl (C=O) groups is 1. The normalized spacial score (nSPS) is 16.7. The van der Waals surface area contributed by atoms with E-state index >= 15 is 0 Å². The van der Waals surface area contributed by atoms with Crippen molar-refractivity contribution in [3.05, 3.63) is 59.2 Å². The number of rotatable bonds is 3. The predicted molar refractivity (Wildman–Crippen MR) is 105 cm³/mol. The highest BCUT2D eigenvalue weighted by atomic mass is 16.6. The number of carbonyl (C=O) groups excluding carboxylic acids is 1. The summed E-state index contributed by atoms with van der Waals surface area (Å²) in [6, 6.07) is 14.9. The average molecular weight is 352 g/mol. The van der Waals surface area contributed by atoms with E-state index in [-0.39, 0.29) is 6.09 Å². The molecule has 0 aromatic heterocycles. The fourth-order valence-electron chi connectivity index (χ4n) is 3.42. The van der Waals surface area contributed by atoms with Crippen molar-refractivity contribution in [3.63, 3.8) is 0 Å². The molecular formula is C22H28N2O2. The summed E-state index contributed by atoms with van der Waals surface area (Å²) in [5.74, 6) is 0.503. The Balaban J connectivity index is 1.72. The first-order valence-electron chi connectivity index (χ1n) is 9.22. The fraction of sp³-hybridized carbons (Fsp3) is 0.409. The average Bonchev–Trinajstić information content (AvgIpc) is 2.59. The highest BCUT2D eigenvalue weighted by Crippen LogP contribution is 2.34. The third-order valence-electron chi connectivity index (χ3n) is 4.56. The molecule has 0 spiro atoms. The van der Waals surface area contributed by atoms with Gasteiger partial charge in [-0.2, -0.15) is 0 Å². The van der Waals surface area contributed by atoms with Crippen LogP contribution in [0.3, 0.4) is 0 Å². The molecule has 0 bridgehead atoms. The third kappa shape index (κ3) is 4.44. The molecule has 1 amide bonds. The van der Waals surface area contributed by atoms with Gasteiger partial charge in [0.25, 0.3) is 0 Å². The van der Waals surface area contributed by atoms with Crippen LogP contribution in [0.5, 0.6) is 0 Å². The van der Waals surface area contributed by atoms with Gasteiger partial charge in [0.2, 0.25) is 0 Å². The number of benzene rings is 2. The molecule has 3 rings (SSSR count). The summed E-state index contributed by atoms with van der Waals surface area (Å²) >= 11 is 0. The SMILES string of the molecule is CC1CNCc2cccc(-c3ccc(CNC(=O)OC(C)(C)C)cc3)c21. The van der Waals surface area contributed by atoms with Crippen LogP contribution in [0, 0.1) is 0 Å². The van der Waals surface area contributed by atoms with Crippen molar-refractivity contribution in [3.8, 4) is 11.1 Å². The summed E-state index contributed by atoms with van der Waals surface area (Å²) < 4.78 is 5.27. The number of fused-ring (bicyclic) bond motifs is 1. The van der Waals surface area contributed by atoms with Crippen LogP contribution in [0.4, 0.5) is 4.79 Å². The molecule has 0 saturated heterocycles. The molecule has 0 aliphatic carbocycles. The van der Waals surface area contributed by atoms with Gasteiger partial charge >= 0.3 is 6.09 Å². The number of hydrogen-bond acceptors (Lipinski definition) is 3. The van der Waals surface area contributed by atoms with Crippen molar-refractivity contribution >= 4 is 6.09 Å². The lowest BCUT2D eigenvalue weighted by Crippen LogP contribution is -2.32. The van der Waals surface area contributed by atoms with Crippen molar-refractivity contribution in [1.82, 2.24) is 10.6 Å². The van der Waals surface area contributed by atoms with Crippen LogP contribution in [0.15, 0.2) is 42.5 Å². The molecule has 1 unspecified atom stereocenters. The minimum atomic E-state index is -0.480. The maximum Gasteiger partial charge on any atom is 0.407 e. The molecule has 2 N–H and O–H groups in total. The molecule has 2 aromatic rings. The molecule has 0 saturated carbocycles. The van der Waals surface area contributed by atoms with Crippen molar-refractivity contribution < 1.29 is 9.53 Å². The highest BCUT2D eigenvalue weighted by Gasteiger charge is 2.20. The van der Waals surface area contributed by atoms with Crippen LogP contribution in [0.2, 0.25) is 0 Å². The van der Waals surface area contributed by atoms with E-state index in [1.165, 1.54) is 22.3 Å². The Bertz CT molecular complexity index is 776. The number of ether oxygens (including phenoxy) is 1. The van der Waals surface area contributed by atoms with Gasteiger partial charge in [-0.25, -0.2) is 4.79 Å². The van der Waals surface area contributed by atoms with E-state index in [2.05, 4.69) is 60.0 Å². The molecule has 1 heterocycles. The summed E-state index contributed by atoms with van der Waals surface area (Å²) in [5, 5.41) is 6.27. The molecule has 0 radical (unpaired) electrons. The van der Waals surface area contributed by atoms with Gasteiger partial charge in [-0.05, 0) is 54.5 Å². The summed E-state index contributed by atoms with van der Waals surface area (Å²) in [5.41, 5.74) is 5.94. The summed E-state index contributed by atoms with van der Waals surface area (Å²) in [7, 11) is 0. The van der Waals surface area contributed by atoms with E-state index in [9.17, 15) is 4.79 Å². The van der Waals surface area contributed by atoms with Crippen molar-refractivity contribution in [2.75, 3.05) is 6.54 Å². The lowest BCUT2D eigenvalue weighted by molar-refractivity contribution is 0.0523. The Morgan fingerprint density at radius 2 is 1.92 bits per heavy atom. The second-order valence-electron chi connectivity index (χ2n) is 7.96. The Hall–Kier alpha value is -2.33. The van der Waals surface area contributed by atoms with Gasteiger partial charge in [-0.3, -0.25) is 0 Å². The molecule has 1 atom stereocenters. The zero-order valence-electron chi connectivity index (χ0n) is 16.1. The molecular weight excluding hydrogens is 324 g/mol. The summed E-state index contributed by atoms with van der Waals surface area (Å²) in [4.78, 5) is 11.8. The monoisotopic (exact) mass is 352 g/mol. The van der Waals surface area contributed by atoms with Crippen molar-refractivity contribution in [2.45, 2.75) is 52.3 Å². The minimum Gasteiger partial charge on any atom is -0.444 e. The number of alkyl carbamates (subject to hydrolysis) is 1. The molecule has 26 heavy (non-hydrogen) atoms. The lowest BCUT2D eigenvalue weighted by atomic mass is 9.85. The second kappa shape index (κ2) is 7.50. The van der Waals surface area contributed by atoms with Gasteiger partial charge in [0.05, 0.1) is 0 Å². The van der Waals surface area contributed by atoms with Crippen LogP contribution >= 0.6 is 0 Å². The van der Waals surface area contributed by atoms with Crippen LogP contribution in [0.25, 0.3) is 11.1 Å². The van der Waals surface area contributed by atoms with Crippen LogP contribution < -0.4 is 10.6 Å². The van der Waals surface area contributed by atoms with E-state index < -0.39 is 5.60 Å². The Morgan fingerprint density at radius 1 is 1.19 bits per heavy atom. The fourth-order valence-corrected chi connectivity index (χ4v) is 3.42. The van der Waals surface area contributed by atoms with E-state index in [4.69, 9.17) is 4.74 Å². The Labute approximate surface area is 156 Å². The van der Waals surface area contributed by atoms with E-state index in [0.717, 1.165) is 18.7 Å². The van der Waals surface area contributed by atoms with Gasteiger partial charge in [0.15, 0.2) is 0 Å². The zero-order chi connectivity index (χ0) is 18.7. The predicted octanol–water partition coefficient (Wildman–Crippen LogP) is 4.59. The van der Waals surface area contributed by atoms with Gasteiger partial charge in [-0.15, -0.1) is 0 Å². The topological polar surface area (TPSA) is 50.4 Å². The molecule has 0 fully saturated rings. The van der Waals surface area contributed by atoms with Crippen LogP contribution in [-0.4, -0.2) is 18.2 Å². The third-order valence-corrected chi connectivity index (χ3v) is 4.56. The smallest absolute Gasteiger partial charge is 0.407 e. The van der Waals surface area contributed by atoms with E-state index in [1.807, 2.05) is 20.8 Å². The van der Waals surface area contributed by atoms with Crippen molar-refractivity contribution in [2.24, 2.45) is 0 Å². The first-order valence-corrected chi connectivity index (χ1v) is 9.22. The minimum absolute atomic E-state index is 0.389. The van der Waals surface area contributed by atoms with E-state index in [1.54, 1.807) is 0 Å². The second-order valence-corrected chi connectivity index (χ2v) is 7.96. The molecule has 1 aliphatic rings. The standard InChI is InChI=1S/C22H28N2O2/c1-15-12-23-14-18-6-5-7-19(20(15)18)17-10-8-16(9-11-17)13-24-21(25)26-22(2,3)4/h5-11,15,23H,12-14H2,1-4H3,(H,24,25). The number of amides is 1. The molecule has 138 valence electrons. The summed E-state index contributed by atoms with van der Waals surface area (Å²) in [6.45, 7) is 10.3. The molecule has 2 aromatic carbocycles. The highest BCUT2D eigenvalue weighted by molar-refractivity contribution is 5.70. The lowest BCUT2D eigenvalue weighted by Gasteiger charge is -2.26. The number of nitrogens with one attached hydrogen (secondary N) is 2. The van der Waals surface area contributed by atoms with Crippen LogP contribution in [0.1, 0.15) is 50.3 Å². The first-order chi connectivity index (χ1) is 12.3.